The molecule has 0 N–H and O–H groups in total. The van der Waals surface area contributed by atoms with Gasteiger partial charge in [-0.2, -0.15) is 0 Å². The highest BCUT2D eigenvalue weighted by atomic mass is 16.7. The maximum absolute atomic E-state index is 13.6. The molecule has 0 bridgehead atoms. The molecule has 1 spiro atoms. The van der Waals surface area contributed by atoms with Gasteiger partial charge in [-0.25, -0.2) is 0 Å². The Hall–Kier alpha value is -2.32. The summed E-state index contributed by atoms with van der Waals surface area (Å²) in [5.41, 5.74) is 0.337. The fourth-order valence-corrected chi connectivity index (χ4v) is 6.20. The smallest absolute Gasteiger partial charge is 0.306 e. The highest BCUT2D eigenvalue weighted by molar-refractivity contribution is 5.78. The van der Waals surface area contributed by atoms with Crippen molar-refractivity contribution in [3.8, 4) is 11.5 Å². The number of piperidine rings is 1. The number of esters is 1. The first-order valence-electron chi connectivity index (χ1n) is 13.0. The van der Waals surface area contributed by atoms with E-state index in [-0.39, 0.29) is 36.4 Å². The fraction of sp³-hybridized carbons (Fsp3) is 0.714. The van der Waals surface area contributed by atoms with Crippen LogP contribution in [0, 0.1) is 5.92 Å². The Labute approximate surface area is 215 Å². The summed E-state index contributed by atoms with van der Waals surface area (Å²) in [6.45, 7) is 8.33. The minimum absolute atomic E-state index is 0.0794. The Morgan fingerprint density at radius 3 is 2.19 bits per heavy atom. The molecule has 1 aromatic rings. The second-order valence-corrected chi connectivity index (χ2v) is 10.5. The van der Waals surface area contributed by atoms with Gasteiger partial charge in [-0.05, 0) is 71.1 Å². The Bertz CT molecular complexity index is 901. The summed E-state index contributed by atoms with van der Waals surface area (Å²) in [6, 6.07) is 5.72. The zero-order valence-electron chi connectivity index (χ0n) is 22.9. The number of rotatable bonds is 10. The number of hydrogen-bond acceptors (Lipinski definition) is 7. The third kappa shape index (κ3) is 5.80. The van der Waals surface area contributed by atoms with Crippen LogP contribution >= 0.6 is 0 Å². The molecule has 0 aromatic heterocycles. The summed E-state index contributed by atoms with van der Waals surface area (Å²) in [4.78, 5) is 28.4. The van der Waals surface area contributed by atoms with E-state index in [2.05, 4.69) is 0 Å². The lowest BCUT2D eigenvalue weighted by molar-refractivity contribution is -0.329. The summed E-state index contributed by atoms with van der Waals surface area (Å²) >= 11 is 0. The molecular weight excluding hydrogens is 462 g/mol. The standard InChI is InChI=1S/C28H43NO7/c1-19(2)35-28(36-20(3)4)15-9-14-27(24(28)17-26(31)34-7)13-8-10-25(30)29(27)18-21-11-12-22(32-5)23(16-21)33-6/h11-12,16,19-20,24H,8-10,13-15,17-18H2,1-7H3/t24-,27-/m0/s1. The van der Waals surface area contributed by atoms with Gasteiger partial charge in [0.25, 0.3) is 0 Å². The van der Waals surface area contributed by atoms with Crippen LogP contribution in [0.25, 0.3) is 0 Å². The van der Waals surface area contributed by atoms with Crippen molar-refractivity contribution in [2.24, 2.45) is 5.92 Å². The van der Waals surface area contributed by atoms with Crippen molar-refractivity contribution in [1.29, 1.82) is 0 Å². The molecule has 1 saturated carbocycles. The largest absolute Gasteiger partial charge is 0.493 e. The van der Waals surface area contributed by atoms with E-state index in [0.717, 1.165) is 31.2 Å². The molecule has 1 aliphatic carbocycles. The molecule has 1 amide bonds. The van der Waals surface area contributed by atoms with Crippen molar-refractivity contribution < 1.29 is 33.3 Å². The first-order chi connectivity index (χ1) is 17.1. The van der Waals surface area contributed by atoms with Crippen LogP contribution in [-0.4, -0.2) is 61.6 Å². The van der Waals surface area contributed by atoms with Crippen LogP contribution in [0.1, 0.15) is 78.2 Å². The van der Waals surface area contributed by atoms with Gasteiger partial charge in [0.2, 0.25) is 5.91 Å². The summed E-state index contributed by atoms with van der Waals surface area (Å²) in [5, 5.41) is 0. The zero-order valence-corrected chi connectivity index (χ0v) is 22.9. The van der Waals surface area contributed by atoms with E-state index < -0.39 is 11.3 Å². The lowest BCUT2D eigenvalue weighted by Crippen LogP contribution is -2.68. The summed E-state index contributed by atoms with van der Waals surface area (Å²) < 4.78 is 29.2. The molecule has 0 radical (unpaired) electrons. The van der Waals surface area contributed by atoms with Gasteiger partial charge in [0.1, 0.15) is 0 Å². The number of likely N-dealkylation sites (tertiary alicyclic amines) is 1. The monoisotopic (exact) mass is 505 g/mol. The van der Waals surface area contributed by atoms with E-state index >= 15 is 0 Å². The first kappa shape index (κ1) is 28.3. The highest BCUT2D eigenvalue weighted by Crippen LogP contribution is 2.53. The molecule has 1 aliphatic heterocycles. The lowest BCUT2D eigenvalue weighted by Gasteiger charge is -2.60. The van der Waals surface area contributed by atoms with Crippen molar-refractivity contribution in [1.82, 2.24) is 4.90 Å². The van der Waals surface area contributed by atoms with Crippen molar-refractivity contribution >= 4 is 11.9 Å². The quantitative estimate of drug-likeness (QED) is 0.332. The van der Waals surface area contributed by atoms with Gasteiger partial charge in [0.15, 0.2) is 17.3 Å². The maximum Gasteiger partial charge on any atom is 0.306 e. The molecule has 3 rings (SSSR count). The maximum atomic E-state index is 13.6. The van der Waals surface area contributed by atoms with Crippen LogP contribution in [0.2, 0.25) is 0 Å². The number of carbonyl (C=O) groups is 2. The predicted octanol–water partition coefficient (Wildman–Crippen LogP) is 4.86. The van der Waals surface area contributed by atoms with Gasteiger partial charge in [-0.15, -0.1) is 0 Å². The topological polar surface area (TPSA) is 83.5 Å². The van der Waals surface area contributed by atoms with Crippen LogP contribution in [0.3, 0.4) is 0 Å². The lowest BCUT2D eigenvalue weighted by atomic mass is 9.63. The molecule has 2 fully saturated rings. The SMILES string of the molecule is COC(=O)C[C@@H]1C(OC(C)C)(OC(C)C)CCC[C@@]12CCCC(=O)N2Cc1ccc(OC)c(OC)c1. The van der Waals surface area contributed by atoms with Crippen LogP contribution in [0.15, 0.2) is 18.2 Å². The summed E-state index contributed by atoms with van der Waals surface area (Å²) in [6.07, 6.45) is 4.16. The van der Waals surface area contributed by atoms with Crippen molar-refractivity contribution in [2.45, 2.75) is 103 Å². The zero-order chi connectivity index (χ0) is 26.5. The highest BCUT2D eigenvalue weighted by Gasteiger charge is 2.60. The number of nitrogens with zero attached hydrogens (tertiary/aromatic N) is 1. The minimum atomic E-state index is -0.998. The number of hydrogen-bond donors (Lipinski definition) is 0. The van der Waals surface area contributed by atoms with Crippen LogP contribution in [0.5, 0.6) is 11.5 Å². The van der Waals surface area contributed by atoms with E-state index in [4.69, 9.17) is 23.7 Å². The Balaban J connectivity index is 2.11. The normalized spacial score (nSPS) is 23.9. The average Bonchev–Trinajstić information content (AvgIpc) is 2.82. The van der Waals surface area contributed by atoms with Gasteiger partial charge in [-0.3, -0.25) is 9.59 Å². The van der Waals surface area contributed by atoms with Crippen molar-refractivity contribution in [3.05, 3.63) is 23.8 Å². The molecule has 0 unspecified atom stereocenters. The Kier molecular flexibility index (Phi) is 9.28. The second-order valence-electron chi connectivity index (χ2n) is 10.5. The molecule has 36 heavy (non-hydrogen) atoms. The van der Waals surface area contributed by atoms with Gasteiger partial charge < -0.3 is 28.6 Å². The van der Waals surface area contributed by atoms with E-state index in [1.807, 2.05) is 50.8 Å². The molecule has 2 atom stereocenters. The fourth-order valence-electron chi connectivity index (χ4n) is 6.20. The molecule has 1 saturated heterocycles. The van der Waals surface area contributed by atoms with Gasteiger partial charge in [-0.1, -0.05) is 6.07 Å². The van der Waals surface area contributed by atoms with Crippen LogP contribution in [0.4, 0.5) is 0 Å². The van der Waals surface area contributed by atoms with Gasteiger partial charge in [0, 0.05) is 25.3 Å². The van der Waals surface area contributed by atoms with Crippen molar-refractivity contribution in [2.75, 3.05) is 21.3 Å². The van der Waals surface area contributed by atoms with Crippen LogP contribution in [-0.2, 0) is 30.3 Å². The molecule has 202 valence electrons. The Morgan fingerprint density at radius 2 is 1.61 bits per heavy atom. The number of ether oxygens (including phenoxy) is 5. The minimum Gasteiger partial charge on any atom is -0.493 e. The third-order valence-corrected chi connectivity index (χ3v) is 7.41. The average molecular weight is 506 g/mol. The van der Waals surface area contributed by atoms with Gasteiger partial charge >= 0.3 is 5.97 Å². The first-order valence-corrected chi connectivity index (χ1v) is 13.0. The Morgan fingerprint density at radius 1 is 0.972 bits per heavy atom. The summed E-state index contributed by atoms with van der Waals surface area (Å²) in [5.74, 6) is -0.367. The van der Waals surface area contributed by atoms with E-state index in [9.17, 15) is 9.59 Å². The van der Waals surface area contributed by atoms with E-state index in [0.29, 0.717) is 30.9 Å². The number of carbonyl (C=O) groups excluding carboxylic acids is 2. The third-order valence-electron chi connectivity index (χ3n) is 7.41. The molecule has 1 heterocycles. The van der Waals surface area contributed by atoms with Gasteiger partial charge in [0.05, 0.1) is 45.5 Å². The van der Waals surface area contributed by atoms with E-state index in [1.54, 1.807) is 14.2 Å². The van der Waals surface area contributed by atoms with E-state index in [1.165, 1.54) is 7.11 Å². The van der Waals surface area contributed by atoms with Crippen LogP contribution < -0.4 is 9.47 Å². The number of amides is 1. The number of benzene rings is 1. The number of methoxy groups -OCH3 is 3. The predicted molar refractivity (Wildman–Crippen MR) is 136 cm³/mol. The summed E-state index contributed by atoms with van der Waals surface area (Å²) in [7, 11) is 4.60. The molecular formula is C28H43NO7. The molecule has 8 heteroatoms. The van der Waals surface area contributed by atoms with Crippen molar-refractivity contribution in [3.63, 3.8) is 0 Å². The molecule has 2 aliphatic rings. The molecule has 1 aromatic carbocycles. The second kappa shape index (κ2) is 11.8. The molecule has 8 nitrogen and oxygen atoms in total.